The standard InChI is InChI=1S/C22H26N2O3/c1-3-27-21(26)22(12-9-18(25)10-13-22)11-8-16-4-5-17-6-7-19(15(2)23)24-20(17)14-16/h4-8,11,14-15H,3,9-10,12-13,23H2,1-2H3/b11-8+/t15-/m1/s1. The van der Waals surface area contributed by atoms with Crippen molar-refractivity contribution in [3.05, 3.63) is 47.7 Å². The normalized spacial score (nSPS) is 18.0. The lowest BCUT2D eigenvalue weighted by Crippen LogP contribution is -2.35. The number of ether oxygens (including phenoxy) is 1. The molecule has 1 fully saturated rings. The third kappa shape index (κ3) is 4.25. The number of benzene rings is 1. The summed E-state index contributed by atoms with van der Waals surface area (Å²) in [5.41, 5.74) is 7.88. The van der Waals surface area contributed by atoms with Crippen molar-refractivity contribution in [2.45, 2.75) is 45.6 Å². The van der Waals surface area contributed by atoms with Crippen LogP contribution in [0.25, 0.3) is 17.0 Å². The van der Waals surface area contributed by atoms with E-state index in [4.69, 9.17) is 10.5 Å². The van der Waals surface area contributed by atoms with Crippen LogP contribution in [0.15, 0.2) is 36.4 Å². The zero-order chi connectivity index (χ0) is 19.4. The summed E-state index contributed by atoms with van der Waals surface area (Å²) >= 11 is 0. The van der Waals surface area contributed by atoms with Gasteiger partial charge >= 0.3 is 5.97 Å². The van der Waals surface area contributed by atoms with E-state index in [2.05, 4.69) is 4.98 Å². The summed E-state index contributed by atoms with van der Waals surface area (Å²) < 4.78 is 5.29. The molecule has 3 rings (SSSR count). The number of rotatable bonds is 5. The number of carbonyl (C=O) groups excluding carboxylic acids is 2. The highest BCUT2D eigenvalue weighted by Crippen LogP contribution is 2.38. The molecule has 0 aliphatic heterocycles. The molecule has 1 saturated carbocycles. The van der Waals surface area contributed by atoms with Gasteiger partial charge in [0.15, 0.2) is 0 Å². The van der Waals surface area contributed by atoms with E-state index < -0.39 is 5.41 Å². The van der Waals surface area contributed by atoms with E-state index >= 15 is 0 Å². The van der Waals surface area contributed by atoms with Crippen LogP contribution in [0, 0.1) is 5.41 Å². The van der Waals surface area contributed by atoms with Crippen molar-refractivity contribution in [1.29, 1.82) is 0 Å². The summed E-state index contributed by atoms with van der Waals surface area (Å²) in [6.07, 6.45) is 5.68. The van der Waals surface area contributed by atoms with Crippen molar-refractivity contribution >= 4 is 28.7 Å². The number of nitrogens with two attached hydrogens (primary N) is 1. The molecule has 1 aliphatic rings. The number of esters is 1. The van der Waals surface area contributed by atoms with Crippen molar-refractivity contribution in [2.24, 2.45) is 11.1 Å². The number of nitrogens with zero attached hydrogens (tertiary/aromatic N) is 1. The number of Topliss-reactive ketones (excluding diaryl/α,β-unsaturated/α-hetero) is 1. The van der Waals surface area contributed by atoms with Crippen molar-refractivity contribution in [3.63, 3.8) is 0 Å². The molecule has 1 aliphatic carbocycles. The number of ketones is 1. The third-order valence-corrected chi connectivity index (χ3v) is 5.18. The molecule has 0 radical (unpaired) electrons. The molecule has 0 unspecified atom stereocenters. The zero-order valence-electron chi connectivity index (χ0n) is 15.9. The Morgan fingerprint density at radius 2 is 2.00 bits per heavy atom. The van der Waals surface area contributed by atoms with Crippen LogP contribution in [0.5, 0.6) is 0 Å². The number of pyridine rings is 1. The molecule has 1 aromatic heterocycles. The lowest BCUT2D eigenvalue weighted by molar-refractivity contribution is -0.154. The van der Waals surface area contributed by atoms with Crippen LogP contribution in [0.1, 0.15) is 56.8 Å². The van der Waals surface area contributed by atoms with Crippen molar-refractivity contribution in [3.8, 4) is 0 Å². The molecule has 2 N–H and O–H groups in total. The Bertz CT molecular complexity index is 876. The quantitative estimate of drug-likeness (QED) is 0.810. The fourth-order valence-corrected chi connectivity index (χ4v) is 3.45. The van der Waals surface area contributed by atoms with Gasteiger partial charge in [0.1, 0.15) is 5.78 Å². The van der Waals surface area contributed by atoms with Gasteiger partial charge in [0.2, 0.25) is 0 Å². The van der Waals surface area contributed by atoms with E-state index in [1.54, 1.807) is 6.92 Å². The van der Waals surface area contributed by atoms with Crippen LogP contribution in [0.4, 0.5) is 0 Å². The second-order valence-corrected chi connectivity index (χ2v) is 7.23. The van der Waals surface area contributed by atoms with E-state index in [9.17, 15) is 9.59 Å². The van der Waals surface area contributed by atoms with Gasteiger partial charge in [-0.25, -0.2) is 0 Å². The first-order chi connectivity index (χ1) is 12.9. The largest absolute Gasteiger partial charge is 0.465 e. The van der Waals surface area contributed by atoms with E-state index in [1.165, 1.54) is 0 Å². The van der Waals surface area contributed by atoms with E-state index in [1.807, 2.05) is 49.4 Å². The fourth-order valence-electron chi connectivity index (χ4n) is 3.45. The average Bonchev–Trinajstić information content (AvgIpc) is 2.67. The Balaban J connectivity index is 1.91. The van der Waals surface area contributed by atoms with Crippen molar-refractivity contribution in [2.75, 3.05) is 6.61 Å². The maximum atomic E-state index is 12.6. The van der Waals surface area contributed by atoms with Gasteiger partial charge in [-0.2, -0.15) is 0 Å². The third-order valence-electron chi connectivity index (χ3n) is 5.18. The van der Waals surface area contributed by atoms with Gasteiger partial charge in [-0.1, -0.05) is 30.4 Å². The van der Waals surface area contributed by atoms with Gasteiger partial charge < -0.3 is 10.5 Å². The van der Waals surface area contributed by atoms with Gasteiger partial charge in [-0.05, 0) is 44.4 Å². The predicted octanol–water partition coefficient (Wildman–Crippen LogP) is 3.96. The first kappa shape index (κ1) is 19.2. The molecule has 27 heavy (non-hydrogen) atoms. The Hall–Kier alpha value is -2.53. The number of aromatic nitrogens is 1. The molecule has 5 nitrogen and oxygen atoms in total. The molecule has 0 saturated heterocycles. The van der Waals surface area contributed by atoms with Crippen LogP contribution in [0.2, 0.25) is 0 Å². The molecule has 0 amide bonds. The number of carbonyl (C=O) groups is 2. The minimum Gasteiger partial charge on any atom is -0.465 e. The van der Waals surface area contributed by atoms with Crippen LogP contribution >= 0.6 is 0 Å². The summed E-state index contributed by atoms with van der Waals surface area (Å²) in [6.45, 7) is 4.04. The number of hydrogen-bond donors (Lipinski definition) is 1. The smallest absolute Gasteiger partial charge is 0.315 e. The number of fused-ring (bicyclic) bond motifs is 1. The van der Waals surface area contributed by atoms with E-state index in [0.717, 1.165) is 22.2 Å². The van der Waals surface area contributed by atoms with Crippen LogP contribution < -0.4 is 5.73 Å². The molecule has 1 aromatic carbocycles. The topological polar surface area (TPSA) is 82.3 Å². The van der Waals surface area contributed by atoms with Crippen molar-refractivity contribution < 1.29 is 14.3 Å². The van der Waals surface area contributed by atoms with Crippen LogP contribution in [-0.2, 0) is 14.3 Å². The zero-order valence-corrected chi connectivity index (χ0v) is 15.9. The average molecular weight is 366 g/mol. The van der Waals surface area contributed by atoms with Gasteiger partial charge in [0.25, 0.3) is 0 Å². The summed E-state index contributed by atoms with van der Waals surface area (Å²) in [5, 5.41) is 1.04. The highest BCUT2D eigenvalue weighted by molar-refractivity contribution is 5.87. The Morgan fingerprint density at radius 3 is 2.67 bits per heavy atom. The minimum absolute atomic E-state index is 0.125. The Labute approximate surface area is 159 Å². The van der Waals surface area contributed by atoms with Gasteiger partial charge in [-0.15, -0.1) is 0 Å². The van der Waals surface area contributed by atoms with E-state index in [-0.39, 0.29) is 17.8 Å². The summed E-state index contributed by atoms with van der Waals surface area (Å²) in [4.78, 5) is 28.8. The van der Waals surface area contributed by atoms with Gasteiger partial charge in [0.05, 0.1) is 23.2 Å². The SMILES string of the molecule is CCOC(=O)C1(/C=C/c2ccc3ccc([C@@H](C)N)nc3c2)CCC(=O)CC1. The van der Waals surface area contributed by atoms with E-state index in [0.29, 0.717) is 32.3 Å². The molecule has 142 valence electrons. The predicted molar refractivity (Wildman–Crippen MR) is 106 cm³/mol. The van der Waals surface area contributed by atoms with Crippen LogP contribution in [0.3, 0.4) is 0 Å². The first-order valence-corrected chi connectivity index (χ1v) is 9.48. The lowest BCUT2D eigenvalue weighted by Gasteiger charge is -2.31. The summed E-state index contributed by atoms with van der Waals surface area (Å²) in [5.74, 6) is -0.0337. The lowest BCUT2D eigenvalue weighted by atomic mass is 9.73. The maximum Gasteiger partial charge on any atom is 0.315 e. The first-order valence-electron chi connectivity index (χ1n) is 9.48. The summed E-state index contributed by atoms with van der Waals surface area (Å²) in [6, 6.07) is 9.83. The minimum atomic E-state index is -0.722. The summed E-state index contributed by atoms with van der Waals surface area (Å²) in [7, 11) is 0. The van der Waals surface area contributed by atoms with Crippen LogP contribution in [-0.4, -0.2) is 23.3 Å². The molecule has 1 heterocycles. The maximum absolute atomic E-state index is 12.6. The molecular formula is C22H26N2O3. The molecular weight excluding hydrogens is 340 g/mol. The molecule has 5 heteroatoms. The molecule has 2 aromatic rings. The van der Waals surface area contributed by atoms with Gasteiger partial charge in [0, 0.05) is 24.3 Å². The highest BCUT2D eigenvalue weighted by atomic mass is 16.5. The molecule has 0 bridgehead atoms. The second kappa shape index (κ2) is 8.01. The Morgan fingerprint density at radius 1 is 1.30 bits per heavy atom. The highest BCUT2D eigenvalue weighted by Gasteiger charge is 2.40. The van der Waals surface area contributed by atoms with Gasteiger partial charge in [-0.3, -0.25) is 14.6 Å². The monoisotopic (exact) mass is 366 g/mol. The second-order valence-electron chi connectivity index (χ2n) is 7.23. The van der Waals surface area contributed by atoms with Crippen molar-refractivity contribution in [1.82, 2.24) is 4.98 Å². The molecule has 0 spiro atoms. The Kier molecular flexibility index (Phi) is 5.71. The number of hydrogen-bond acceptors (Lipinski definition) is 5. The molecule has 1 atom stereocenters. The fraction of sp³-hybridized carbons (Fsp3) is 0.409.